The molecule has 122 valence electrons. The molecule has 24 heavy (non-hydrogen) atoms. The van der Waals surface area contributed by atoms with E-state index in [2.05, 4.69) is 18.7 Å². The van der Waals surface area contributed by atoms with Crippen LogP contribution in [0.25, 0.3) is 6.08 Å². The molecule has 0 aliphatic carbocycles. The monoisotopic (exact) mass is 338 g/mol. The quantitative estimate of drug-likeness (QED) is 0.424. The van der Waals surface area contributed by atoms with Gasteiger partial charge in [-0.25, -0.2) is 0 Å². The molecular formula is C20H19ClN2O. The molecule has 0 heterocycles. The van der Waals surface area contributed by atoms with Crippen LogP contribution >= 0.6 is 11.6 Å². The van der Waals surface area contributed by atoms with Crippen molar-refractivity contribution in [2.24, 2.45) is 0 Å². The van der Waals surface area contributed by atoms with Crippen molar-refractivity contribution in [1.82, 2.24) is 0 Å². The van der Waals surface area contributed by atoms with Crippen LogP contribution in [0.4, 0.5) is 5.69 Å². The minimum Gasteiger partial charge on any atom is -0.372 e. The standard InChI is InChI=1S/C20H19ClN2O/c1-3-23(4-2)19-11-5-15(6-12-19)13-17(14-22)20(24)16-7-9-18(21)10-8-16/h5-13H,3-4H2,1-2H3/b17-13+. The van der Waals surface area contributed by atoms with E-state index in [1.165, 1.54) is 0 Å². The van der Waals surface area contributed by atoms with Crippen molar-refractivity contribution >= 4 is 29.1 Å². The molecule has 0 unspecified atom stereocenters. The predicted octanol–water partition coefficient (Wildman–Crippen LogP) is 4.98. The minimum atomic E-state index is -0.304. The molecular weight excluding hydrogens is 320 g/mol. The van der Waals surface area contributed by atoms with Gasteiger partial charge in [-0.2, -0.15) is 5.26 Å². The van der Waals surface area contributed by atoms with Gasteiger partial charge in [0.1, 0.15) is 11.6 Å². The predicted molar refractivity (Wildman–Crippen MR) is 99.4 cm³/mol. The van der Waals surface area contributed by atoms with Gasteiger partial charge in [0.05, 0.1) is 0 Å². The Bertz CT molecular complexity index is 767. The van der Waals surface area contributed by atoms with Crippen molar-refractivity contribution in [3.8, 4) is 6.07 Å². The highest BCUT2D eigenvalue weighted by atomic mass is 35.5. The van der Waals surface area contributed by atoms with Gasteiger partial charge in [-0.1, -0.05) is 23.7 Å². The van der Waals surface area contributed by atoms with Crippen molar-refractivity contribution in [2.75, 3.05) is 18.0 Å². The Kier molecular flexibility index (Phi) is 6.17. The number of rotatable bonds is 6. The van der Waals surface area contributed by atoms with E-state index in [9.17, 15) is 10.1 Å². The van der Waals surface area contributed by atoms with Crippen LogP contribution in [0.1, 0.15) is 29.8 Å². The summed E-state index contributed by atoms with van der Waals surface area (Å²) in [5.41, 5.74) is 2.50. The van der Waals surface area contributed by atoms with Gasteiger partial charge in [0.2, 0.25) is 5.78 Å². The zero-order chi connectivity index (χ0) is 17.5. The Morgan fingerprint density at radius 3 is 2.17 bits per heavy atom. The van der Waals surface area contributed by atoms with Gasteiger partial charge in [-0.15, -0.1) is 0 Å². The summed E-state index contributed by atoms with van der Waals surface area (Å²) < 4.78 is 0. The Balaban J connectivity index is 2.25. The fourth-order valence-electron chi connectivity index (χ4n) is 2.44. The molecule has 2 aromatic rings. The summed E-state index contributed by atoms with van der Waals surface area (Å²) in [5.74, 6) is -0.304. The lowest BCUT2D eigenvalue weighted by Gasteiger charge is -2.20. The van der Waals surface area contributed by atoms with Gasteiger partial charge >= 0.3 is 0 Å². The zero-order valence-electron chi connectivity index (χ0n) is 13.8. The zero-order valence-corrected chi connectivity index (χ0v) is 14.5. The first kappa shape index (κ1) is 17.8. The third-order valence-corrected chi connectivity index (χ3v) is 4.06. The maximum Gasteiger partial charge on any atom is 0.203 e. The van der Waals surface area contributed by atoms with E-state index in [4.69, 9.17) is 11.6 Å². The number of halogens is 1. The largest absolute Gasteiger partial charge is 0.372 e. The number of nitrogens with zero attached hydrogens (tertiary/aromatic N) is 2. The molecule has 2 rings (SSSR count). The van der Waals surface area contributed by atoms with Crippen LogP contribution in [-0.4, -0.2) is 18.9 Å². The molecule has 0 aromatic heterocycles. The van der Waals surface area contributed by atoms with E-state index in [1.54, 1.807) is 30.3 Å². The molecule has 0 N–H and O–H groups in total. The third-order valence-electron chi connectivity index (χ3n) is 3.80. The fraction of sp³-hybridized carbons (Fsp3) is 0.200. The first-order valence-electron chi connectivity index (χ1n) is 7.86. The average molecular weight is 339 g/mol. The van der Waals surface area contributed by atoms with E-state index in [0.29, 0.717) is 10.6 Å². The number of ketones is 1. The van der Waals surface area contributed by atoms with Crippen molar-refractivity contribution in [1.29, 1.82) is 5.26 Å². The molecule has 0 saturated carbocycles. The summed E-state index contributed by atoms with van der Waals surface area (Å²) in [4.78, 5) is 14.7. The Labute approximate surface area is 147 Å². The maximum atomic E-state index is 12.4. The second-order valence-corrected chi connectivity index (χ2v) is 5.71. The van der Waals surface area contributed by atoms with E-state index in [-0.39, 0.29) is 11.4 Å². The van der Waals surface area contributed by atoms with Gasteiger partial charge in [0.15, 0.2) is 0 Å². The molecule has 0 spiro atoms. The Morgan fingerprint density at radius 2 is 1.67 bits per heavy atom. The number of hydrogen-bond acceptors (Lipinski definition) is 3. The average Bonchev–Trinajstić information content (AvgIpc) is 2.62. The highest BCUT2D eigenvalue weighted by Gasteiger charge is 2.12. The van der Waals surface area contributed by atoms with Crippen molar-refractivity contribution in [3.05, 3.63) is 70.3 Å². The molecule has 0 radical (unpaired) electrons. The van der Waals surface area contributed by atoms with Gasteiger partial charge in [-0.3, -0.25) is 4.79 Å². The lowest BCUT2D eigenvalue weighted by atomic mass is 10.0. The number of hydrogen-bond donors (Lipinski definition) is 0. The number of anilines is 1. The van der Waals surface area contributed by atoms with Gasteiger partial charge in [0, 0.05) is 29.4 Å². The number of carbonyl (C=O) groups excluding carboxylic acids is 1. The van der Waals surface area contributed by atoms with Crippen molar-refractivity contribution in [2.45, 2.75) is 13.8 Å². The topological polar surface area (TPSA) is 44.1 Å². The summed E-state index contributed by atoms with van der Waals surface area (Å²) in [7, 11) is 0. The highest BCUT2D eigenvalue weighted by molar-refractivity contribution is 6.30. The van der Waals surface area contributed by atoms with E-state index < -0.39 is 0 Å². The normalized spacial score (nSPS) is 11.0. The number of Topliss-reactive ketones (excluding diaryl/α,β-unsaturated/α-hetero) is 1. The van der Waals surface area contributed by atoms with Crippen LogP contribution in [0.2, 0.25) is 5.02 Å². The van der Waals surface area contributed by atoms with Crippen LogP contribution < -0.4 is 4.90 Å². The second kappa shape index (κ2) is 8.33. The van der Waals surface area contributed by atoms with Crippen LogP contribution in [0, 0.1) is 11.3 Å². The van der Waals surface area contributed by atoms with Gasteiger partial charge in [0.25, 0.3) is 0 Å². The molecule has 0 aliphatic heterocycles. The molecule has 2 aromatic carbocycles. The Morgan fingerprint density at radius 1 is 1.08 bits per heavy atom. The molecule has 4 heteroatoms. The smallest absolute Gasteiger partial charge is 0.203 e. The van der Waals surface area contributed by atoms with Crippen LogP contribution in [0.5, 0.6) is 0 Å². The number of carbonyl (C=O) groups is 1. The van der Waals surface area contributed by atoms with Gasteiger partial charge < -0.3 is 4.90 Å². The van der Waals surface area contributed by atoms with Crippen LogP contribution in [0.15, 0.2) is 54.1 Å². The SMILES string of the molecule is CCN(CC)c1ccc(/C=C(\C#N)C(=O)c2ccc(Cl)cc2)cc1. The number of nitriles is 1. The highest BCUT2D eigenvalue weighted by Crippen LogP contribution is 2.18. The molecule has 0 amide bonds. The molecule has 0 fully saturated rings. The molecule has 0 saturated heterocycles. The van der Waals surface area contributed by atoms with E-state index in [0.717, 1.165) is 24.3 Å². The maximum absolute atomic E-state index is 12.4. The molecule has 0 bridgehead atoms. The number of benzene rings is 2. The Hall–Kier alpha value is -2.57. The first-order chi connectivity index (χ1) is 11.6. The van der Waals surface area contributed by atoms with E-state index >= 15 is 0 Å². The summed E-state index contributed by atoms with van der Waals surface area (Å²) in [5, 5.41) is 9.88. The van der Waals surface area contributed by atoms with Crippen molar-refractivity contribution < 1.29 is 4.79 Å². The lowest BCUT2D eigenvalue weighted by Crippen LogP contribution is -2.21. The summed E-state index contributed by atoms with van der Waals surface area (Å²) in [6.07, 6.45) is 1.61. The van der Waals surface area contributed by atoms with Gasteiger partial charge in [-0.05, 0) is 61.9 Å². The van der Waals surface area contributed by atoms with E-state index in [1.807, 2.05) is 30.3 Å². The second-order valence-electron chi connectivity index (χ2n) is 5.27. The summed E-state index contributed by atoms with van der Waals surface area (Å²) in [6, 6.07) is 16.4. The molecule has 3 nitrogen and oxygen atoms in total. The minimum absolute atomic E-state index is 0.105. The first-order valence-corrected chi connectivity index (χ1v) is 8.24. The fourth-order valence-corrected chi connectivity index (χ4v) is 2.57. The van der Waals surface area contributed by atoms with Crippen LogP contribution in [-0.2, 0) is 0 Å². The summed E-state index contributed by atoms with van der Waals surface area (Å²) in [6.45, 7) is 6.08. The third kappa shape index (κ3) is 4.24. The molecule has 0 atom stereocenters. The summed E-state index contributed by atoms with van der Waals surface area (Å²) >= 11 is 5.83. The van der Waals surface area contributed by atoms with Crippen LogP contribution in [0.3, 0.4) is 0 Å². The lowest BCUT2D eigenvalue weighted by molar-refractivity contribution is 0.104. The number of allylic oxidation sites excluding steroid dienone is 1. The molecule has 0 aliphatic rings. The van der Waals surface area contributed by atoms with Crippen molar-refractivity contribution in [3.63, 3.8) is 0 Å².